The van der Waals surface area contributed by atoms with Gasteiger partial charge in [-0.25, -0.2) is 0 Å². The van der Waals surface area contributed by atoms with E-state index in [1.54, 1.807) is 0 Å². The van der Waals surface area contributed by atoms with Crippen LogP contribution in [0.25, 0.3) is 32.3 Å². The molecule has 2 aromatic carbocycles. The number of pyridine rings is 2. The Hall–Kier alpha value is -3.82. The highest BCUT2D eigenvalue weighted by Gasteiger charge is 2.31. The molecule has 0 aliphatic carbocycles. The molecule has 4 aromatic rings. The molecule has 4 heterocycles. The fourth-order valence-electron chi connectivity index (χ4n) is 6.13. The molecule has 0 amide bonds. The van der Waals surface area contributed by atoms with E-state index < -0.39 is 0 Å². The molecule has 2 aliphatic rings. The molecule has 200 valence electrons. The molecule has 10 heteroatoms. The third kappa shape index (κ3) is 3.38. The Kier molecular flexibility index (Phi) is 6.12. The van der Waals surface area contributed by atoms with Crippen LogP contribution in [0.2, 0.25) is 0 Å². The first-order chi connectivity index (χ1) is 18.5. The van der Waals surface area contributed by atoms with Gasteiger partial charge in [-0.2, -0.15) is 0 Å². The predicted octanol–water partition coefficient (Wildman–Crippen LogP) is 2.79. The lowest BCUT2D eigenvalue weighted by atomic mass is 9.91. The molecule has 0 unspecified atom stereocenters. The topological polar surface area (TPSA) is 133 Å². The van der Waals surface area contributed by atoms with Crippen molar-refractivity contribution in [3.63, 3.8) is 0 Å². The summed E-state index contributed by atoms with van der Waals surface area (Å²) >= 11 is 0. The maximum absolute atomic E-state index is 14.0. The quantitative estimate of drug-likeness (QED) is 0.209. The molecule has 0 atom stereocenters. The van der Waals surface area contributed by atoms with Gasteiger partial charge < -0.3 is 20.8 Å². The molecule has 6 rings (SSSR count). The van der Waals surface area contributed by atoms with Gasteiger partial charge in [0.2, 0.25) is 11.8 Å². The lowest BCUT2D eigenvalue weighted by Gasteiger charge is -2.25. The molecule has 2 aromatic heterocycles. The number of anilines is 2. The van der Waals surface area contributed by atoms with E-state index in [9.17, 15) is 19.8 Å². The van der Waals surface area contributed by atoms with Crippen molar-refractivity contribution in [2.45, 2.75) is 65.5 Å². The minimum atomic E-state index is -0.367. The second-order valence-corrected chi connectivity index (χ2v) is 10.3. The number of rotatable bonds is 8. The lowest BCUT2D eigenvalue weighted by molar-refractivity contribution is 0.359. The van der Waals surface area contributed by atoms with Gasteiger partial charge in [-0.3, -0.25) is 28.7 Å². The Balaban J connectivity index is 1.89. The van der Waals surface area contributed by atoms with Gasteiger partial charge in [0, 0.05) is 37.0 Å². The fraction of sp³-hybridized carbons (Fsp3) is 0.500. The maximum Gasteiger partial charge on any atom is 0.263 e. The van der Waals surface area contributed by atoms with Crippen LogP contribution in [0.1, 0.15) is 52.4 Å². The van der Waals surface area contributed by atoms with Crippen molar-refractivity contribution < 1.29 is 10.2 Å². The van der Waals surface area contributed by atoms with Crippen LogP contribution in [0.5, 0.6) is 11.8 Å². The van der Waals surface area contributed by atoms with Crippen molar-refractivity contribution in [3.05, 3.63) is 31.4 Å². The largest absolute Gasteiger partial charge is 0.494 e. The Morgan fingerprint density at radius 1 is 0.658 bits per heavy atom. The Morgan fingerprint density at radius 2 is 1.11 bits per heavy atom. The van der Waals surface area contributed by atoms with Crippen LogP contribution < -0.4 is 32.5 Å². The molecular weight excluding hydrogens is 484 g/mol. The van der Waals surface area contributed by atoms with Crippen molar-refractivity contribution >= 4 is 43.7 Å². The van der Waals surface area contributed by atoms with E-state index >= 15 is 0 Å². The highest BCUT2D eigenvalue weighted by molar-refractivity contribution is 6.29. The number of unbranched alkanes of at least 4 members (excludes halogenated alkanes) is 4. The van der Waals surface area contributed by atoms with E-state index in [1.165, 1.54) is 9.13 Å². The van der Waals surface area contributed by atoms with Crippen molar-refractivity contribution in [3.8, 4) is 11.8 Å². The Bertz CT molecular complexity index is 1700. The monoisotopic (exact) mass is 518 g/mol. The van der Waals surface area contributed by atoms with Gasteiger partial charge in [0.05, 0.1) is 56.7 Å². The highest BCUT2D eigenvalue weighted by Crippen LogP contribution is 2.42. The summed E-state index contributed by atoms with van der Waals surface area (Å²) in [6.45, 7) is 6.98. The van der Waals surface area contributed by atoms with Gasteiger partial charge in [-0.05, 0) is 12.8 Å². The van der Waals surface area contributed by atoms with E-state index in [1.807, 2.05) is 0 Å². The first-order valence-electron chi connectivity index (χ1n) is 13.8. The molecule has 0 saturated carbocycles. The molecule has 0 bridgehead atoms. The van der Waals surface area contributed by atoms with Crippen molar-refractivity contribution in [1.82, 2.24) is 9.13 Å². The standard InChI is InChI=1S/C28H34N6O4/c1-3-5-7-13-33-25(35)17-15-16-19(23-21(17)29-9-11-31-23)27(37)34(14-8-6-4-2)28(38)20(16)24-22(18(15)26(33)36)30-10-12-32-24/h29-30,37-38H,3-14H2,1-2H3. The number of benzene rings is 2. The van der Waals surface area contributed by atoms with E-state index in [0.717, 1.165) is 38.5 Å². The summed E-state index contributed by atoms with van der Waals surface area (Å²) in [5.74, 6) is -0.220. The first kappa shape index (κ1) is 24.5. The number of hydrogen-bond acceptors (Lipinski definition) is 8. The third-order valence-electron chi connectivity index (χ3n) is 7.91. The van der Waals surface area contributed by atoms with Crippen LogP contribution in [0, 0.1) is 0 Å². The van der Waals surface area contributed by atoms with E-state index in [-0.39, 0.29) is 22.9 Å². The average Bonchev–Trinajstić information content (AvgIpc) is 2.93. The summed E-state index contributed by atoms with van der Waals surface area (Å²) in [5.41, 5.74) is 0.346. The van der Waals surface area contributed by atoms with Crippen LogP contribution >= 0.6 is 0 Å². The number of fused-ring (bicyclic) bond motifs is 6. The van der Waals surface area contributed by atoms with Gasteiger partial charge in [0.25, 0.3) is 11.1 Å². The van der Waals surface area contributed by atoms with Crippen LogP contribution in [-0.4, -0.2) is 45.5 Å². The van der Waals surface area contributed by atoms with Gasteiger partial charge in [-0.15, -0.1) is 0 Å². The molecule has 0 radical (unpaired) electrons. The van der Waals surface area contributed by atoms with Crippen LogP contribution in [-0.2, 0) is 13.1 Å². The molecule has 38 heavy (non-hydrogen) atoms. The molecule has 0 spiro atoms. The minimum Gasteiger partial charge on any atom is -0.494 e. The number of hydrogen-bond donors (Lipinski definition) is 4. The summed E-state index contributed by atoms with van der Waals surface area (Å²) in [5, 5.41) is 33.5. The summed E-state index contributed by atoms with van der Waals surface area (Å²) in [6, 6.07) is 0. The normalized spacial score (nSPS) is 14.7. The summed E-state index contributed by atoms with van der Waals surface area (Å²) < 4.78 is 2.86. The minimum absolute atomic E-state index is 0.110. The molecule has 2 aliphatic heterocycles. The summed E-state index contributed by atoms with van der Waals surface area (Å²) in [6.07, 6.45) is 5.32. The molecular formula is C28H34N6O4. The van der Waals surface area contributed by atoms with Crippen molar-refractivity contribution in [1.29, 1.82) is 0 Å². The van der Waals surface area contributed by atoms with E-state index in [0.29, 0.717) is 93.7 Å². The molecule has 10 nitrogen and oxygen atoms in total. The molecule has 0 saturated heterocycles. The van der Waals surface area contributed by atoms with Crippen molar-refractivity contribution in [2.24, 2.45) is 9.98 Å². The SMILES string of the molecule is CCCCCn1c(O)c2c3c(c4c(=O)n(CCCCC)c(=O)c5c6c(c(c1O)c2c45)=NCCN6)NCCN=3. The number of nitrogens with one attached hydrogen (secondary N) is 2. The number of aromatic hydroxyl groups is 2. The lowest BCUT2D eigenvalue weighted by Crippen LogP contribution is -2.38. The third-order valence-corrected chi connectivity index (χ3v) is 7.91. The number of aromatic nitrogens is 2. The van der Waals surface area contributed by atoms with Gasteiger partial charge >= 0.3 is 0 Å². The van der Waals surface area contributed by atoms with Gasteiger partial charge in [-0.1, -0.05) is 39.5 Å². The van der Waals surface area contributed by atoms with Gasteiger partial charge in [0.1, 0.15) is 0 Å². The van der Waals surface area contributed by atoms with Crippen LogP contribution in [0.4, 0.5) is 11.4 Å². The smallest absolute Gasteiger partial charge is 0.263 e. The van der Waals surface area contributed by atoms with Crippen LogP contribution in [0.3, 0.4) is 0 Å². The van der Waals surface area contributed by atoms with E-state index in [2.05, 4.69) is 24.5 Å². The second kappa shape index (κ2) is 9.49. The zero-order valence-electron chi connectivity index (χ0n) is 22.0. The summed E-state index contributed by atoms with van der Waals surface area (Å²) in [7, 11) is 0. The first-order valence-corrected chi connectivity index (χ1v) is 13.8. The maximum atomic E-state index is 14.0. The second-order valence-electron chi connectivity index (χ2n) is 10.3. The zero-order valence-corrected chi connectivity index (χ0v) is 22.0. The van der Waals surface area contributed by atoms with E-state index in [4.69, 9.17) is 9.98 Å². The highest BCUT2D eigenvalue weighted by atomic mass is 16.3. The Labute approximate surface area is 218 Å². The predicted molar refractivity (Wildman–Crippen MR) is 150 cm³/mol. The van der Waals surface area contributed by atoms with Crippen LogP contribution in [0.15, 0.2) is 19.6 Å². The fourth-order valence-corrected chi connectivity index (χ4v) is 6.13. The average molecular weight is 519 g/mol. The Morgan fingerprint density at radius 3 is 1.58 bits per heavy atom. The van der Waals surface area contributed by atoms with Gasteiger partial charge in [0.15, 0.2) is 0 Å². The zero-order chi connectivity index (χ0) is 26.6. The molecule has 4 N–H and O–H groups in total. The number of nitrogens with zero attached hydrogens (tertiary/aromatic N) is 4. The summed E-state index contributed by atoms with van der Waals surface area (Å²) in [4.78, 5) is 37.5. The molecule has 0 fully saturated rings. The van der Waals surface area contributed by atoms with Crippen molar-refractivity contribution in [2.75, 3.05) is 36.8 Å².